The minimum absolute atomic E-state index is 0.0795. The molecule has 1 aliphatic heterocycles. The molecule has 1 heterocycles. The number of nitrogens with zero attached hydrogens (tertiary/aromatic N) is 1. The van der Waals surface area contributed by atoms with Gasteiger partial charge in [0.25, 0.3) is 5.91 Å². The highest BCUT2D eigenvalue weighted by molar-refractivity contribution is 5.99. The van der Waals surface area contributed by atoms with Gasteiger partial charge in [-0.25, -0.2) is 4.39 Å². The summed E-state index contributed by atoms with van der Waals surface area (Å²) < 4.78 is 26.0. The molecule has 0 aromatic heterocycles. The summed E-state index contributed by atoms with van der Waals surface area (Å²) in [6, 6.07) is 8.30. The Morgan fingerprint density at radius 2 is 1.81 bits per heavy atom. The number of methoxy groups -OCH3 is 1. The maximum Gasteiger partial charge on any atom is 0.306 e. The van der Waals surface area contributed by atoms with Crippen LogP contribution in [0.2, 0.25) is 0 Å². The summed E-state index contributed by atoms with van der Waals surface area (Å²) in [5.41, 5.74) is 4.05. The van der Waals surface area contributed by atoms with Crippen LogP contribution >= 0.6 is 0 Å². The van der Waals surface area contributed by atoms with Gasteiger partial charge in [-0.1, -0.05) is 32.0 Å². The SMILES string of the molecule is COCc1ccc2c(c1)CCN(C(=O)[C@H]1C[C@@H](CC(=O)OC(C)(C)C)C1)C2C(=O)Nc1cc(F)c2c(c1)CCC2(C)C. The standard InChI is InChI=1S/C34H43FN2O5/c1-33(2,3)42-28(38)16-21-14-24(15-21)32(40)37-12-10-22-13-20(19-41-6)7-8-26(22)30(37)31(39)36-25-17-23-9-11-34(4,5)29(23)27(35)18-25/h7-8,13,17-18,21,24,30H,9-12,14-16,19H2,1-6H3,(H,36,39)/t21-,24+,30?. The topological polar surface area (TPSA) is 84.9 Å². The number of fused-ring (bicyclic) bond motifs is 2. The number of carbonyl (C=O) groups excluding carboxylic acids is 3. The zero-order chi connectivity index (χ0) is 30.4. The van der Waals surface area contributed by atoms with Gasteiger partial charge in [0.15, 0.2) is 0 Å². The summed E-state index contributed by atoms with van der Waals surface area (Å²) >= 11 is 0. The number of hydrogen-bond donors (Lipinski definition) is 1. The molecule has 0 spiro atoms. The van der Waals surface area contributed by atoms with E-state index in [1.165, 1.54) is 6.07 Å². The molecule has 7 nitrogen and oxygen atoms in total. The van der Waals surface area contributed by atoms with E-state index in [0.29, 0.717) is 38.1 Å². The van der Waals surface area contributed by atoms with Crippen LogP contribution in [0.3, 0.4) is 0 Å². The van der Waals surface area contributed by atoms with Crippen LogP contribution in [0.5, 0.6) is 0 Å². The highest BCUT2D eigenvalue weighted by Crippen LogP contribution is 2.43. The Morgan fingerprint density at radius 1 is 1.07 bits per heavy atom. The van der Waals surface area contributed by atoms with Crippen LogP contribution in [0.15, 0.2) is 30.3 Å². The average Bonchev–Trinajstić information content (AvgIpc) is 3.18. The second-order valence-electron chi connectivity index (χ2n) is 13.8. The van der Waals surface area contributed by atoms with Crippen LogP contribution in [0.4, 0.5) is 10.1 Å². The van der Waals surface area contributed by atoms with E-state index in [1.54, 1.807) is 12.0 Å². The second-order valence-corrected chi connectivity index (χ2v) is 13.8. The number of halogens is 1. The highest BCUT2D eigenvalue weighted by atomic mass is 19.1. The Bertz CT molecular complexity index is 1390. The molecule has 1 fully saturated rings. The quantitative estimate of drug-likeness (QED) is 0.407. The van der Waals surface area contributed by atoms with Crippen molar-refractivity contribution in [2.75, 3.05) is 19.0 Å². The van der Waals surface area contributed by atoms with Crippen molar-refractivity contribution < 1.29 is 28.2 Å². The van der Waals surface area contributed by atoms with E-state index in [2.05, 4.69) is 5.32 Å². The van der Waals surface area contributed by atoms with Crippen LogP contribution < -0.4 is 5.32 Å². The molecule has 3 aliphatic rings. The van der Waals surface area contributed by atoms with Crippen LogP contribution in [0.25, 0.3) is 0 Å². The number of nitrogens with one attached hydrogen (secondary N) is 1. The molecule has 5 rings (SSSR count). The van der Waals surface area contributed by atoms with Gasteiger partial charge in [-0.15, -0.1) is 0 Å². The van der Waals surface area contributed by atoms with Crippen LogP contribution in [-0.4, -0.2) is 41.9 Å². The van der Waals surface area contributed by atoms with Crippen molar-refractivity contribution in [2.45, 2.75) is 96.8 Å². The minimum atomic E-state index is -0.837. The van der Waals surface area contributed by atoms with E-state index in [0.717, 1.165) is 40.7 Å². The fourth-order valence-corrected chi connectivity index (χ4v) is 6.89. The number of carbonyl (C=O) groups is 3. The van der Waals surface area contributed by atoms with Gasteiger partial charge in [0.05, 0.1) is 6.61 Å². The van der Waals surface area contributed by atoms with E-state index < -0.39 is 11.6 Å². The summed E-state index contributed by atoms with van der Waals surface area (Å²) in [6.45, 7) is 10.5. The average molecular weight is 579 g/mol. The van der Waals surface area contributed by atoms with Crippen molar-refractivity contribution in [3.05, 3.63) is 64.0 Å². The van der Waals surface area contributed by atoms with E-state index in [1.807, 2.05) is 58.9 Å². The number of hydrogen-bond acceptors (Lipinski definition) is 5. The smallest absolute Gasteiger partial charge is 0.306 e. The number of amides is 2. The predicted octanol–water partition coefficient (Wildman–Crippen LogP) is 6.02. The largest absolute Gasteiger partial charge is 0.460 e. The third-order valence-electron chi connectivity index (χ3n) is 8.87. The Kier molecular flexibility index (Phi) is 8.23. The molecule has 2 aliphatic carbocycles. The van der Waals surface area contributed by atoms with E-state index in [4.69, 9.17) is 9.47 Å². The lowest BCUT2D eigenvalue weighted by Gasteiger charge is -2.42. The molecule has 2 amide bonds. The Labute approximate surface area is 248 Å². The first-order valence-electron chi connectivity index (χ1n) is 15.0. The number of anilines is 1. The van der Waals surface area contributed by atoms with Gasteiger partial charge in [-0.3, -0.25) is 14.4 Å². The zero-order valence-electron chi connectivity index (χ0n) is 25.6. The first-order valence-corrected chi connectivity index (χ1v) is 15.0. The van der Waals surface area contributed by atoms with Crippen molar-refractivity contribution in [3.63, 3.8) is 0 Å². The third-order valence-corrected chi connectivity index (χ3v) is 8.87. The number of esters is 1. The maximum atomic E-state index is 15.2. The van der Waals surface area contributed by atoms with Gasteiger partial charge >= 0.3 is 5.97 Å². The Balaban J connectivity index is 1.36. The number of ether oxygens (including phenoxy) is 2. The van der Waals surface area contributed by atoms with Crippen LogP contribution in [-0.2, 0) is 48.7 Å². The highest BCUT2D eigenvalue weighted by Gasteiger charge is 2.44. The minimum Gasteiger partial charge on any atom is -0.460 e. The normalized spacial score (nSPS) is 22.5. The molecule has 1 N–H and O–H groups in total. The molecule has 226 valence electrons. The lowest BCUT2D eigenvalue weighted by molar-refractivity contribution is -0.159. The molecule has 0 saturated heterocycles. The number of benzene rings is 2. The van der Waals surface area contributed by atoms with Crippen molar-refractivity contribution in [1.82, 2.24) is 4.90 Å². The van der Waals surface area contributed by atoms with Crippen LogP contribution in [0.1, 0.15) is 94.2 Å². The van der Waals surface area contributed by atoms with Crippen molar-refractivity contribution in [1.29, 1.82) is 0 Å². The molecule has 2 aromatic rings. The molecule has 8 heteroatoms. The van der Waals surface area contributed by atoms with Gasteiger partial charge in [0.1, 0.15) is 17.5 Å². The number of aryl methyl sites for hydroxylation is 1. The molecular formula is C34H43FN2O5. The van der Waals surface area contributed by atoms with E-state index in [-0.39, 0.29) is 47.3 Å². The zero-order valence-corrected chi connectivity index (χ0v) is 25.6. The predicted molar refractivity (Wildman–Crippen MR) is 158 cm³/mol. The molecule has 1 saturated carbocycles. The van der Waals surface area contributed by atoms with Crippen molar-refractivity contribution in [2.24, 2.45) is 11.8 Å². The summed E-state index contributed by atoms with van der Waals surface area (Å²) in [7, 11) is 1.64. The number of rotatable bonds is 7. The lowest BCUT2D eigenvalue weighted by atomic mass is 9.72. The molecule has 1 atom stereocenters. The Morgan fingerprint density at radius 3 is 2.50 bits per heavy atom. The molecule has 2 aromatic carbocycles. The lowest BCUT2D eigenvalue weighted by Crippen LogP contribution is -2.50. The van der Waals surface area contributed by atoms with E-state index >= 15 is 4.39 Å². The summed E-state index contributed by atoms with van der Waals surface area (Å²) in [5, 5.41) is 2.95. The molecule has 0 bridgehead atoms. The van der Waals surface area contributed by atoms with Gasteiger partial charge in [-0.05, 0) is 104 Å². The van der Waals surface area contributed by atoms with Gasteiger partial charge in [0.2, 0.25) is 5.91 Å². The van der Waals surface area contributed by atoms with Gasteiger partial charge in [-0.2, -0.15) is 0 Å². The molecule has 42 heavy (non-hydrogen) atoms. The Hall–Kier alpha value is -3.26. The van der Waals surface area contributed by atoms with Gasteiger partial charge in [0, 0.05) is 31.7 Å². The first kappa shape index (κ1) is 30.2. The summed E-state index contributed by atoms with van der Waals surface area (Å²) in [6.07, 6.45) is 3.71. The summed E-state index contributed by atoms with van der Waals surface area (Å²) in [5.74, 6) is -1.15. The second kappa shape index (κ2) is 11.4. The van der Waals surface area contributed by atoms with Crippen LogP contribution in [0, 0.1) is 17.7 Å². The first-order chi connectivity index (χ1) is 19.8. The molecular weight excluding hydrogens is 535 g/mol. The molecule has 1 unspecified atom stereocenters. The fourth-order valence-electron chi connectivity index (χ4n) is 6.89. The summed E-state index contributed by atoms with van der Waals surface area (Å²) in [4.78, 5) is 41.7. The molecule has 0 radical (unpaired) electrons. The van der Waals surface area contributed by atoms with Gasteiger partial charge < -0.3 is 19.7 Å². The van der Waals surface area contributed by atoms with E-state index in [9.17, 15) is 14.4 Å². The van der Waals surface area contributed by atoms with Crippen molar-refractivity contribution >= 4 is 23.5 Å². The monoisotopic (exact) mass is 578 g/mol. The fraction of sp³-hybridized carbons (Fsp3) is 0.559. The van der Waals surface area contributed by atoms with Crippen molar-refractivity contribution in [3.8, 4) is 0 Å². The maximum absolute atomic E-state index is 15.2. The third kappa shape index (κ3) is 6.24.